The summed E-state index contributed by atoms with van der Waals surface area (Å²) in [7, 11) is 0. The molecule has 2 heterocycles. The molecule has 14 rings (SSSR count). The summed E-state index contributed by atoms with van der Waals surface area (Å²) in [6.07, 6.45) is 0. The van der Waals surface area contributed by atoms with Crippen molar-refractivity contribution >= 4 is 87.0 Å². The molecule has 14 aromatic rings. The van der Waals surface area contributed by atoms with Crippen molar-refractivity contribution in [1.29, 1.82) is 0 Å². The molecule has 0 aliphatic rings. The predicted octanol–water partition coefficient (Wildman–Crippen LogP) is 18.4. The Labute approximate surface area is 380 Å². The summed E-state index contributed by atoms with van der Waals surface area (Å²) >= 11 is 0. The van der Waals surface area contributed by atoms with Gasteiger partial charge >= 0.3 is 0 Å². The van der Waals surface area contributed by atoms with Gasteiger partial charge < -0.3 is 8.83 Å². The van der Waals surface area contributed by atoms with Gasteiger partial charge in [0.05, 0.1) is 0 Å². The Balaban J connectivity index is 1.06. The van der Waals surface area contributed by atoms with Crippen LogP contribution >= 0.6 is 0 Å². The van der Waals surface area contributed by atoms with Crippen LogP contribution in [0.15, 0.2) is 239 Å². The van der Waals surface area contributed by atoms with E-state index in [1.807, 2.05) is 12.1 Å². The molecule has 0 aliphatic heterocycles. The Morgan fingerprint density at radius 1 is 0.167 bits per heavy atom. The number of para-hydroxylation sites is 4. The quantitative estimate of drug-likeness (QED) is 0.161. The van der Waals surface area contributed by atoms with E-state index >= 15 is 0 Å². The zero-order valence-corrected chi connectivity index (χ0v) is 35.8. The molecule has 0 amide bonds. The first-order valence-corrected chi connectivity index (χ1v) is 22.7. The van der Waals surface area contributed by atoms with Crippen LogP contribution in [0.2, 0.25) is 0 Å². The van der Waals surface area contributed by atoms with Crippen LogP contribution in [-0.2, 0) is 0 Å². The van der Waals surface area contributed by atoms with Crippen LogP contribution in [0.5, 0.6) is 0 Å². The van der Waals surface area contributed by atoms with Crippen molar-refractivity contribution in [2.75, 3.05) is 0 Å². The van der Waals surface area contributed by atoms with Crippen molar-refractivity contribution in [1.82, 2.24) is 0 Å². The average molecular weight is 839 g/mol. The summed E-state index contributed by atoms with van der Waals surface area (Å²) in [5, 5.41) is 14.2. The lowest BCUT2D eigenvalue weighted by Gasteiger charge is -2.23. The molecule has 0 N–H and O–H groups in total. The van der Waals surface area contributed by atoms with Crippen LogP contribution in [0.4, 0.5) is 0 Å². The average Bonchev–Trinajstić information content (AvgIpc) is 3.97. The van der Waals surface area contributed by atoms with Crippen LogP contribution < -0.4 is 0 Å². The van der Waals surface area contributed by atoms with Crippen LogP contribution in [0.3, 0.4) is 0 Å². The number of hydrogen-bond acceptors (Lipinski definition) is 2. The van der Waals surface area contributed by atoms with Gasteiger partial charge in [-0.25, -0.2) is 0 Å². The maximum Gasteiger partial charge on any atom is 0.143 e. The molecule has 12 aromatic carbocycles. The highest BCUT2D eigenvalue weighted by Crippen LogP contribution is 2.52. The summed E-state index contributed by atoms with van der Waals surface area (Å²) in [6, 6.07) is 83.5. The normalized spacial score (nSPS) is 11.9. The van der Waals surface area contributed by atoms with Crippen molar-refractivity contribution in [2.24, 2.45) is 0 Å². The maximum atomic E-state index is 6.66. The van der Waals surface area contributed by atoms with Crippen LogP contribution in [-0.4, -0.2) is 0 Å². The molecular weight excluding hydrogens is 801 g/mol. The van der Waals surface area contributed by atoms with Crippen molar-refractivity contribution in [3.05, 3.63) is 231 Å². The summed E-state index contributed by atoms with van der Waals surface area (Å²) in [4.78, 5) is 0. The third kappa shape index (κ3) is 5.30. The van der Waals surface area contributed by atoms with Crippen LogP contribution in [0, 0.1) is 0 Å². The third-order valence-electron chi connectivity index (χ3n) is 13.9. The van der Waals surface area contributed by atoms with E-state index < -0.39 is 0 Å². The van der Waals surface area contributed by atoms with E-state index in [4.69, 9.17) is 8.83 Å². The summed E-state index contributed by atoms with van der Waals surface area (Å²) in [5.41, 5.74) is 15.3. The molecule has 66 heavy (non-hydrogen) atoms. The van der Waals surface area contributed by atoms with E-state index in [-0.39, 0.29) is 0 Å². The van der Waals surface area contributed by atoms with Gasteiger partial charge in [-0.15, -0.1) is 0 Å². The highest BCUT2D eigenvalue weighted by Gasteiger charge is 2.25. The molecule has 0 aliphatic carbocycles. The fraction of sp³-hybridized carbons (Fsp3) is 0. The highest BCUT2D eigenvalue weighted by atomic mass is 16.3. The molecule has 0 saturated carbocycles. The van der Waals surface area contributed by atoms with Gasteiger partial charge in [0.2, 0.25) is 0 Å². The molecular formula is C64H38O2. The number of fused-ring (bicyclic) bond motifs is 10. The number of hydrogen-bond donors (Lipinski definition) is 0. The van der Waals surface area contributed by atoms with Gasteiger partial charge in [0.1, 0.15) is 22.3 Å². The SMILES string of the molecule is c1ccc(-c2cccc3c2oc2ccccc23)c(-c2c3ccccc3c(-c3c4ccccc4c(-c4ccccc4-c4cccc5c4oc4ccccc45)c4ccccc34)c3ccccc23)c1. The van der Waals surface area contributed by atoms with Gasteiger partial charge in [-0.2, -0.15) is 0 Å². The predicted molar refractivity (Wildman–Crippen MR) is 278 cm³/mol. The first-order chi connectivity index (χ1) is 32.8. The molecule has 2 nitrogen and oxygen atoms in total. The van der Waals surface area contributed by atoms with Gasteiger partial charge in [0.15, 0.2) is 0 Å². The molecule has 0 unspecified atom stereocenters. The fourth-order valence-corrected chi connectivity index (χ4v) is 11.2. The van der Waals surface area contributed by atoms with E-state index in [0.29, 0.717) is 0 Å². The molecule has 0 bridgehead atoms. The number of furan rings is 2. The molecule has 0 saturated heterocycles. The second-order valence-corrected chi connectivity index (χ2v) is 17.3. The van der Waals surface area contributed by atoms with Crippen molar-refractivity contribution < 1.29 is 8.83 Å². The third-order valence-corrected chi connectivity index (χ3v) is 13.9. The zero-order valence-electron chi connectivity index (χ0n) is 35.8. The zero-order chi connectivity index (χ0) is 43.3. The van der Waals surface area contributed by atoms with Crippen LogP contribution in [0.25, 0.3) is 143 Å². The largest absolute Gasteiger partial charge is 0.455 e. The lowest BCUT2D eigenvalue weighted by molar-refractivity contribution is 0.669. The molecule has 0 spiro atoms. The summed E-state index contributed by atoms with van der Waals surface area (Å²) < 4.78 is 13.3. The Morgan fingerprint density at radius 2 is 0.409 bits per heavy atom. The molecule has 0 radical (unpaired) electrons. The Kier molecular flexibility index (Phi) is 8.02. The molecule has 0 atom stereocenters. The fourth-order valence-electron chi connectivity index (χ4n) is 11.2. The second kappa shape index (κ2) is 14.4. The van der Waals surface area contributed by atoms with Gasteiger partial charge in [0, 0.05) is 32.7 Å². The highest BCUT2D eigenvalue weighted by molar-refractivity contribution is 6.31. The van der Waals surface area contributed by atoms with E-state index in [9.17, 15) is 0 Å². The van der Waals surface area contributed by atoms with Crippen LogP contribution in [0.1, 0.15) is 0 Å². The minimum atomic E-state index is 0.898. The van der Waals surface area contributed by atoms with E-state index in [1.165, 1.54) is 76.5 Å². The molecule has 2 aromatic heterocycles. The molecule has 306 valence electrons. The number of rotatable bonds is 5. The summed E-state index contributed by atoms with van der Waals surface area (Å²) in [5.74, 6) is 0. The van der Waals surface area contributed by atoms with Gasteiger partial charge in [-0.05, 0) is 99.7 Å². The first kappa shape index (κ1) is 36.7. The van der Waals surface area contributed by atoms with Crippen molar-refractivity contribution in [2.45, 2.75) is 0 Å². The van der Waals surface area contributed by atoms with E-state index in [1.54, 1.807) is 0 Å². The lowest BCUT2D eigenvalue weighted by Crippen LogP contribution is -1.96. The topological polar surface area (TPSA) is 26.3 Å². The van der Waals surface area contributed by atoms with E-state index in [2.05, 4.69) is 218 Å². The van der Waals surface area contributed by atoms with Gasteiger partial charge in [0.25, 0.3) is 0 Å². The minimum absolute atomic E-state index is 0.898. The Bertz CT molecular complexity index is 3900. The van der Waals surface area contributed by atoms with Gasteiger partial charge in [-0.1, -0.05) is 218 Å². The van der Waals surface area contributed by atoms with E-state index in [0.717, 1.165) is 66.1 Å². The lowest BCUT2D eigenvalue weighted by atomic mass is 9.79. The molecule has 0 fully saturated rings. The standard InChI is InChI=1S/C64H38O2/c1-3-23-43(39(19-1)53-33-17-35-55-41-21-13-15-37-57(41)65-63(53)55)59-45-25-5-9-29-49(45)61(50-30-10-6-26-46(50)59)62-51-31-11-7-27-47(51)60(48-28-8-12-32-52(48)62)44-24-4-2-20-40(44)54-34-18-36-56-42-22-14-16-38-58(42)66-64(54)56/h1-38H. The smallest absolute Gasteiger partial charge is 0.143 e. The minimum Gasteiger partial charge on any atom is -0.455 e. The molecule has 2 heteroatoms. The monoisotopic (exact) mass is 838 g/mol. The maximum absolute atomic E-state index is 6.66. The van der Waals surface area contributed by atoms with Crippen molar-refractivity contribution in [3.63, 3.8) is 0 Å². The second-order valence-electron chi connectivity index (χ2n) is 17.3. The van der Waals surface area contributed by atoms with Crippen molar-refractivity contribution in [3.8, 4) is 55.6 Å². The number of benzene rings is 12. The Hall–Kier alpha value is -8.72. The Morgan fingerprint density at radius 3 is 0.758 bits per heavy atom. The first-order valence-electron chi connectivity index (χ1n) is 22.7. The summed E-state index contributed by atoms with van der Waals surface area (Å²) in [6.45, 7) is 0. The van der Waals surface area contributed by atoms with Gasteiger partial charge in [-0.3, -0.25) is 0 Å².